The van der Waals surface area contributed by atoms with Gasteiger partial charge < -0.3 is 24.7 Å². The number of hydrogen-bond donors (Lipinski definition) is 2. The predicted octanol–water partition coefficient (Wildman–Crippen LogP) is 0.947. The Balaban J connectivity index is 1.45. The van der Waals surface area contributed by atoms with Gasteiger partial charge in [0.15, 0.2) is 0 Å². The molecule has 1 fully saturated rings. The first-order valence-electron chi connectivity index (χ1n) is 8.58. The second-order valence-electron chi connectivity index (χ2n) is 5.88. The first-order chi connectivity index (χ1) is 12.7. The van der Waals surface area contributed by atoms with Crippen molar-refractivity contribution in [1.29, 1.82) is 0 Å². The van der Waals surface area contributed by atoms with Crippen LogP contribution in [0.25, 0.3) is 0 Å². The van der Waals surface area contributed by atoms with E-state index in [0.717, 1.165) is 24.5 Å². The number of ether oxygens (including phenoxy) is 1. The average Bonchev–Trinajstić information content (AvgIpc) is 3.22. The summed E-state index contributed by atoms with van der Waals surface area (Å²) < 4.78 is 10.2. The molecule has 138 valence electrons. The number of nitrogens with one attached hydrogen (secondary N) is 2. The highest BCUT2D eigenvalue weighted by atomic mass is 16.5. The van der Waals surface area contributed by atoms with Gasteiger partial charge >= 0.3 is 0 Å². The number of carbonyl (C=O) groups excluding carboxylic acids is 2. The van der Waals surface area contributed by atoms with Crippen molar-refractivity contribution in [3.8, 4) is 0 Å². The van der Waals surface area contributed by atoms with Crippen molar-refractivity contribution < 1.29 is 18.7 Å². The Bertz CT molecular complexity index is 727. The fourth-order valence-corrected chi connectivity index (χ4v) is 2.70. The number of hydrogen-bond acceptors (Lipinski definition) is 6. The van der Waals surface area contributed by atoms with Crippen LogP contribution in [0.3, 0.4) is 0 Å². The van der Waals surface area contributed by atoms with Gasteiger partial charge in [0.2, 0.25) is 5.91 Å². The van der Waals surface area contributed by atoms with E-state index in [1.165, 1.54) is 12.5 Å². The van der Waals surface area contributed by atoms with Gasteiger partial charge in [0.05, 0.1) is 25.0 Å². The summed E-state index contributed by atoms with van der Waals surface area (Å²) in [7, 11) is 0. The zero-order valence-corrected chi connectivity index (χ0v) is 14.4. The average molecular weight is 358 g/mol. The highest BCUT2D eigenvalue weighted by molar-refractivity contribution is 5.94. The minimum absolute atomic E-state index is 0.130. The zero-order valence-electron chi connectivity index (χ0n) is 14.4. The Kier molecular flexibility index (Phi) is 6.21. The molecule has 1 aliphatic heterocycles. The van der Waals surface area contributed by atoms with Gasteiger partial charge in [0.25, 0.3) is 5.91 Å². The van der Waals surface area contributed by atoms with Gasteiger partial charge in [-0.05, 0) is 12.1 Å². The molecule has 2 aromatic rings. The fraction of sp³-hybridized carbons (Fsp3) is 0.389. The van der Waals surface area contributed by atoms with Gasteiger partial charge in [-0.1, -0.05) is 6.07 Å². The van der Waals surface area contributed by atoms with E-state index < -0.39 is 0 Å². The van der Waals surface area contributed by atoms with Crippen molar-refractivity contribution in [3.63, 3.8) is 0 Å². The first kappa shape index (κ1) is 17.9. The Morgan fingerprint density at radius 2 is 2.04 bits per heavy atom. The third-order valence-electron chi connectivity index (χ3n) is 4.08. The van der Waals surface area contributed by atoms with Crippen LogP contribution in [0.4, 0.5) is 5.82 Å². The van der Waals surface area contributed by atoms with Crippen LogP contribution >= 0.6 is 0 Å². The number of morpholine rings is 1. The van der Waals surface area contributed by atoms with Crippen LogP contribution in [0.1, 0.15) is 22.3 Å². The summed E-state index contributed by atoms with van der Waals surface area (Å²) in [6.45, 7) is 3.60. The number of anilines is 1. The lowest BCUT2D eigenvalue weighted by Gasteiger charge is -2.29. The van der Waals surface area contributed by atoms with Crippen LogP contribution < -0.4 is 15.5 Å². The number of furan rings is 1. The van der Waals surface area contributed by atoms with Gasteiger partial charge in [0, 0.05) is 44.4 Å². The van der Waals surface area contributed by atoms with E-state index in [0.29, 0.717) is 25.3 Å². The fourth-order valence-electron chi connectivity index (χ4n) is 2.70. The normalized spacial score (nSPS) is 14.1. The maximum absolute atomic E-state index is 12.0. The number of rotatable bonds is 7. The summed E-state index contributed by atoms with van der Waals surface area (Å²) in [5, 5.41) is 5.56. The van der Waals surface area contributed by atoms with Gasteiger partial charge in [0.1, 0.15) is 12.1 Å². The molecule has 8 nitrogen and oxygen atoms in total. The summed E-state index contributed by atoms with van der Waals surface area (Å²) in [4.78, 5) is 30.4. The summed E-state index contributed by atoms with van der Waals surface area (Å²) in [6, 6.07) is 5.39. The molecule has 0 aromatic carbocycles. The van der Waals surface area contributed by atoms with Crippen LogP contribution in [-0.2, 0) is 16.1 Å². The van der Waals surface area contributed by atoms with E-state index in [1.54, 1.807) is 12.3 Å². The number of carbonyl (C=O) groups is 2. The van der Waals surface area contributed by atoms with Crippen LogP contribution in [0, 0.1) is 0 Å². The highest BCUT2D eigenvalue weighted by Gasteiger charge is 2.16. The largest absolute Gasteiger partial charge is 0.472 e. The van der Waals surface area contributed by atoms with Gasteiger partial charge in [-0.3, -0.25) is 9.59 Å². The van der Waals surface area contributed by atoms with Crippen LogP contribution in [0.5, 0.6) is 0 Å². The number of aromatic nitrogens is 1. The lowest BCUT2D eigenvalue weighted by molar-refractivity contribution is -0.121. The lowest BCUT2D eigenvalue weighted by atomic mass is 10.2. The van der Waals surface area contributed by atoms with E-state index >= 15 is 0 Å². The minimum Gasteiger partial charge on any atom is -0.472 e. The van der Waals surface area contributed by atoms with E-state index in [2.05, 4.69) is 20.5 Å². The number of pyridine rings is 1. The lowest BCUT2D eigenvalue weighted by Crippen LogP contribution is -2.38. The number of amides is 2. The second kappa shape index (κ2) is 9.00. The second-order valence-corrected chi connectivity index (χ2v) is 5.88. The molecule has 2 aromatic heterocycles. The van der Waals surface area contributed by atoms with Crippen LogP contribution in [0.15, 0.2) is 41.3 Å². The quantitative estimate of drug-likeness (QED) is 0.765. The first-order valence-corrected chi connectivity index (χ1v) is 8.58. The third-order valence-corrected chi connectivity index (χ3v) is 4.08. The summed E-state index contributed by atoms with van der Waals surface area (Å²) in [6.07, 6.45) is 4.75. The van der Waals surface area contributed by atoms with Crippen molar-refractivity contribution in [3.05, 3.63) is 48.0 Å². The predicted molar refractivity (Wildman–Crippen MR) is 94.8 cm³/mol. The molecule has 0 aliphatic carbocycles. The van der Waals surface area contributed by atoms with Crippen molar-refractivity contribution >= 4 is 17.6 Å². The molecule has 1 aliphatic rings. The van der Waals surface area contributed by atoms with Crippen molar-refractivity contribution in [1.82, 2.24) is 15.6 Å². The molecule has 0 radical (unpaired) electrons. The standard InChI is InChI=1S/C18H22N4O4/c23-16(3-6-20-18(24)15-4-9-26-13-15)21-12-14-2-1-5-19-17(14)22-7-10-25-11-8-22/h1-2,4-5,9,13H,3,6-8,10-12H2,(H,20,24)(H,21,23). The third kappa shape index (κ3) is 4.82. The molecule has 0 atom stereocenters. The summed E-state index contributed by atoms with van der Waals surface area (Å²) in [5.74, 6) is 0.493. The molecule has 0 saturated carbocycles. The summed E-state index contributed by atoms with van der Waals surface area (Å²) in [5.41, 5.74) is 1.40. The molecular weight excluding hydrogens is 336 g/mol. The van der Waals surface area contributed by atoms with Crippen molar-refractivity contribution in [2.45, 2.75) is 13.0 Å². The minimum atomic E-state index is -0.256. The van der Waals surface area contributed by atoms with Crippen molar-refractivity contribution in [2.75, 3.05) is 37.7 Å². The van der Waals surface area contributed by atoms with Gasteiger partial charge in [-0.2, -0.15) is 0 Å². The smallest absolute Gasteiger partial charge is 0.254 e. The molecule has 3 rings (SSSR count). The van der Waals surface area contributed by atoms with Gasteiger partial charge in [-0.25, -0.2) is 4.98 Å². The maximum atomic E-state index is 12.0. The van der Waals surface area contributed by atoms with Crippen LogP contribution in [-0.4, -0.2) is 49.6 Å². The monoisotopic (exact) mass is 358 g/mol. The molecule has 3 heterocycles. The van der Waals surface area contributed by atoms with Gasteiger partial charge in [-0.15, -0.1) is 0 Å². The molecular formula is C18H22N4O4. The van der Waals surface area contributed by atoms with Crippen LogP contribution in [0.2, 0.25) is 0 Å². The van der Waals surface area contributed by atoms with E-state index in [-0.39, 0.29) is 24.8 Å². The number of nitrogens with zero attached hydrogens (tertiary/aromatic N) is 2. The summed E-state index contributed by atoms with van der Waals surface area (Å²) >= 11 is 0. The van der Waals surface area contributed by atoms with E-state index in [9.17, 15) is 9.59 Å². The molecule has 26 heavy (non-hydrogen) atoms. The molecule has 0 bridgehead atoms. The topological polar surface area (TPSA) is 96.7 Å². The van der Waals surface area contributed by atoms with Crippen molar-refractivity contribution in [2.24, 2.45) is 0 Å². The maximum Gasteiger partial charge on any atom is 0.254 e. The Labute approximate surface area is 151 Å². The van der Waals surface area contributed by atoms with E-state index in [1.807, 2.05) is 12.1 Å². The Hall–Kier alpha value is -2.87. The highest BCUT2D eigenvalue weighted by Crippen LogP contribution is 2.18. The molecule has 2 amide bonds. The Morgan fingerprint density at radius 3 is 2.81 bits per heavy atom. The molecule has 2 N–H and O–H groups in total. The molecule has 0 unspecified atom stereocenters. The molecule has 8 heteroatoms. The Morgan fingerprint density at radius 1 is 1.19 bits per heavy atom. The SMILES string of the molecule is O=C(CCNC(=O)c1ccoc1)NCc1cccnc1N1CCOCC1. The molecule has 0 spiro atoms. The molecule has 1 saturated heterocycles. The van der Waals surface area contributed by atoms with E-state index in [4.69, 9.17) is 9.15 Å². The zero-order chi connectivity index (χ0) is 18.2.